The van der Waals surface area contributed by atoms with Crippen molar-refractivity contribution >= 4 is 29.1 Å². The van der Waals surface area contributed by atoms with Gasteiger partial charge in [-0.1, -0.05) is 11.6 Å². The summed E-state index contributed by atoms with van der Waals surface area (Å²) in [4.78, 5) is 30.9. The second-order valence-corrected chi connectivity index (χ2v) is 6.18. The van der Waals surface area contributed by atoms with E-state index in [1.54, 1.807) is 36.5 Å². The summed E-state index contributed by atoms with van der Waals surface area (Å²) in [6, 6.07) is 8.29. The number of carbonyl (C=O) groups excluding carboxylic acids is 2. The molecule has 1 aromatic carbocycles. The Morgan fingerprint density at radius 1 is 1.12 bits per heavy atom. The number of carbonyl (C=O) groups is 2. The topological polar surface area (TPSA) is 62.3 Å². The number of hydrogen-bond acceptors (Lipinski definition) is 3. The van der Waals surface area contributed by atoms with E-state index in [4.69, 9.17) is 11.6 Å². The fourth-order valence-electron chi connectivity index (χ4n) is 2.77. The lowest BCUT2D eigenvalue weighted by atomic mass is 10.1. The molecule has 1 aliphatic heterocycles. The van der Waals surface area contributed by atoms with Gasteiger partial charge >= 0.3 is 0 Å². The van der Waals surface area contributed by atoms with Gasteiger partial charge in [0.25, 0.3) is 11.8 Å². The minimum Gasteiger partial charge on any atom is -0.339 e. The number of benzene rings is 1. The molecule has 0 spiro atoms. The van der Waals surface area contributed by atoms with E-state index in [9.17, 15) is 9.59 Å². The number of nitrogens with zero attached hydrogens (tertiary/aromatic N) is 2. The Bertz CT molecular complexity index is 743. The zero-order valence-electron chi connectivity index (χ0n) is 13.2. The average Bonchev–Trinajstić information content (AvgIpc) is 2.63. The summed E-state index contributed by atoms with van der Waals surface area (Å²) in [5.74, 6) is -0.397. The SMILES string of the molecule is O=C(Nc1cc(Cl)ccc1C(=O)N1CCCCC1)c1cccnc1. The number of likely N-dealkylation sites (tertiary alicyclic amines) is 1. The Morgan fingerprint density at radius 2 is 1.92 bits per heavy atom. The number of aromatic nitrogens is 1. The molecule has 3 rings (SSSR count). The molecule has 1 aromatic heterocycles. The number of amides is 2. The lowest BCUT2D eigenvalue weighted by Gasteiger charge is -2.27. The number of piperidine rings is 1. The molecule has 0 saturated carbocycles. The number of nitrogens with one attached hydrogen (secondary N) is 1. The smallest absolute Gasteiger partial charge is 0.257 e. The molecule has 24 heavy (non-hydrogen) atoms. The van der Waals surface area contributed by atoms with Gasteiger partial charge in [-0.2, -0.15) is 0 Å². The average molecular weight is 344 g/mol. The van der Waals surface area contributed by atoms with Gasteiger partial charge in [0.15, 0.2) is 0 Å². The van der Waals surface area contributed by atoms with E-state index < -0.39 is 0 Å². The molecule has 0 radical (unpaired) electrons. The molecule has 0 atom stereocenters. The van der Waals surface area contributed by atoms with E-state index in [0.29, 0.717) is 21.8 Å². The van der Waals surface area contributed by atoms with Crippen molar-refractivity contribution < 1.29 is 9.59 Å². The Hall–Kier alpha value is -2.40. The fourth-order valence-corrected chi connectivity index (χ4v) is 2.94. The normalized spacial score (nSPS) is 14.3. The second kappa shape index (κ2) is 7.45. The molecular formula is C18H18ClN3O2. The predicted molar refractivity (Wildman–Crippen MR) is 93.4 cm³/mol. The van der Waals surface area contributed by atoms with Gasteiger partial charge in [0.1, 0.15) is 0 Å². The number of rotatable bonds is 3. The van der Waals surface area contributed by atoms with Crippen molar-refractivity contribution in [2.24, 2.45) is 0 Å². The van der Waals surface area contributed by atoms with E-state index >= 15 is 0 Å². The van der Waals surface area contributed by atoms with Crippen LogP contribution in [0.25, 0.3) is 0 Å². The van der Waals surface area contributed by atoms with E-state index in [1.807, 2.05) is 4.90 Å². The monoisotopic (exact) mass is 343 g/mol. The third-order valence-electron chi connectivity index (χ3n) is 4.03. The molecule has 2 heterocycles. The quantitative estimate of drug-likeness (QED) is 0.926. The molecule has 5 nitrogen and oxygen atoms in total. The van der Waals surface area contributed by atoms with Gasteiger partial charge in [-0.25, -0.2) is 0 Å². The minimum atomic E-state index is -0.321. The number of anilines is 1. The molecule has 1 saturated heterocycles. The maximum absolute atomic E-state index is 12.8. The van der Waals surface area contributed by atoms with Crippen molar-refractivity contribution in [2.45, 2.75) is 19.3 Å². The van der Waals surface area contributed by atoms with Gasteiger partial charge in [-0.3, -0.25) is 14.6 Å². The molecule has 1 aliphatic rings. The van der Waals surface area contributed by atoms with Crippen LogP contribution in [0, 0.1) is 0 Å². The molecular weight excluding hydrogens is 326 g/mol. The second-order valence-electron chi connectivity index (χ2n) is 5.74. The summed E-state index contributed by atoms with van der Waals surface area (Å²) in [5, 5.41) is 3.24. The van der Waals surface area contributed by atoms with Crippen LogP contribution >= 0.6 is 11.6 Å². The molecule has 2 amide bonds. The lowest BCUT2D eigenvalue weighted by Crippen LogP contribution is -2.36. The van der Waals surface area contributed by atoms with E-state index in [-0.39, 0.29) is 11.8 Å². The highest BCUT2D eigenvalue weighted by Crippen LogP contribution is 2.24. The van der Waals surface area contributed by atoms with E-state index in [2.05, 4.69) is 10.3 Å². The first-order valence-corrected chi connectivity index (χ1v) is 8.33. The lowest BCUT2D eigenvalue weighted by molar-refractivity contribution is 0.0725. The predicted octanol–water partition coefficient (Wildman–Crippen LogP) is 3.61. The van der Waals surface area contributed by atoms with Crippen LogP contribution in [0.2, 0.25) is 5.02 Å². The maximum atomic E-state index is 12.8. The third-order valence-corrected chi connectivity index (χ3v) is 4.26. The number of pyridine rings is 1. The zero-order valence-corrected chi connectivity index (χ0v) is 13.9. The van der Waals surface area contributed by atoms with Crippen molar-refractivity contribution in [3.8, 4) is 0 Å². The van der Waals surface area contributed by atoms with Crippen LogP contribution in [0.15, 0.2) is 42.7 Å². The largest absolute Gasteiger partial charge is 0.339 e. The van der Waals surface area contributed by atoms with Crippen molar-refractivity contribution in [2.75, 3.05) is 18.4 Å². The fraction of sp³-hybridized carbons (Fsp3) is 0.278. The van der Waals surface area contributed by atoms with Crippen molar-refractivity contribution in [1.82, 2.24) is 9.88 Å². The molecule has 0 bridgehead atoms. The van der Waals surface area contributed by atoms with Crippen LogP contribution in [-0.4, -0.2) is 34.8 Å². The number of halogens is 1. The molecule has 0 aliphatic carbocycles. The first kappa shape index (κ1) is 16.5. The Kier molecular flexibility index (Phi) is 5.11. The summed E-state index contributed by atoms with van der Waals surface area (Å²) in [5.41, 5.74) is 1.30. The Balaban J connectivity index is 1.85. The van der Waals surface area contributed by atoms with Crippen molar-refractivity contribution in [1.29, 1.82) is 0 Å². The number of hydrogen-bond donors (Lipinski definition) is 1. The first-order chi connectivity index (χ1) is 11.6. The van der Waals surface area contributed by atoms with E-state index in [1.165, 1.54) is 6.20 Å². The van der Waals surface area contributed by atoms with Crippen LogP contribution in [0.4, 0.5) is 5.69 Å². The minimum absolute atomic E-state index is 0.0761. The van der Waals surface area contributed by atoms with Crippen molar-refractivity contribution in [3.63, 3.8) is 0 Å². The molecule has 1 fully saturated rings. The Morgan fingerprint density at radius 3 is 2.62 bits per heavy atom. The highest BCUT2D eigenvalue weighted by atomic mass is 35.5. The molecule has 124 valence electrons. The Labute approximate surface area is 145 Å². The van der Waals surface area contributed by atoms with Gasteiger partial charge in [0.2, 0.25) is 0 Å². The summed E-state index contributed by atoms with van der Waals surface area (Å²) >= 11 is 6.05. The summed E-state index contributed by atoms with van der Waals surface area (Å²) in [6.07, 6.45) is 6.25. The van der Waals surface area contributed by atoms with Crippen molar-refractivity contribution in [3.05, 3.63) is 58.9 Å². The van der Waals surface area contributed by atoms with Gasteiger partial charge in [-0.15, -0.1) is 0 Å². The molecule has 0 unspecified atom stereocenters. The molecule has 1 N–H and O–H groups in total. The third kappa shape index (κ3) is 3.74. The summed E-state index contributed by atoms with van der Waals surface area (Å²) in [7, 11) is 0. The van der Waals surface area contributed by atoms with Crippen LogP contribution in [0.1, 0.15) is 40.0 Å². The van der Waals surface area contributed by atoms with Gasteiger partial charge in [0, 0.05) is 30.5 Å². The van der Waals surface area contributed by atoms with Crippen LogP contribution < -0.4 is 5.32 Å². The first-order valence-electron chi connectivity index (χ1n) is 7.95. The van der Waals surface area contributed by atoms with Gasteiger partial charge < -0.3 is 10.2 Å². The van der Waals surface area contributed by atoms with Crippen LogP contribution in [0.3, 0.4) is 0 Å². The summed E-state index contributed by atoms with van der Waals surface area (Å²) < 4.78 is 0. The van der Waals surface area contributed by atoms with Crippen LogP contribution in [-0.2, 0) is 0 Å². The van der Waals surface area contributed by atoms with Gasteiger partial charge in [-0.05, 0) is 49.6 Å². The maximum Gasteiger partial charge on any atom is 0.257 e. The molecule has 6 heteroatoms. The van der Waals surface area contributed by atoms with Gasteiger partial charge in [0.05, 0.1) is 16.8 Å². The standard InChI is InChI=1S/C18H18ClN3O2/c19-14-6-7-15(18(24)22-9-2-1-3-10-22)16(11-14)21-17(23)13-5-4-8-20-12-13/h4-8,11-12H,1-3,9-10H2,(H,21,23). The summed E-state index contributed by atoms with van der Waals surface area (Å²) in [6.45, 7) is 1.49. The highest BCUT2D eigenvalue weighted by molar-refractivity contribution is 6.31. The highest BCUT2D eigenvalue weighted by Gasteiger charge is 2.22. The van der Waals surface area contributed by atoms with Crippen LogP contribution in [0.5, 0.6) is 0 Å². The van der Waals surface area contributed by atoms with E-state index in [0.717, 1.165) is 32.4 Å². The molecule has 2 aromatic rings. The zero-order chi connectivity index (χ0) is 16.9.